The van der Waals surface area contributed by atoms with E-state index in [4.69, 9.17) is 10.2 Å². The Bertz CT molecular complexity index is 281. The van der Waals surface area contributed by atoms with Crippen molar-refractivity contribution >= 4 is 6.01 Å². The molecule has 5 nitrogen and oxygen atoms in total. The van der Waals surface area contributed by atoms with Gasteiger partial charge in [-0.1, -0.05) is 5.10 Å². The van der Waals surface area contributed by atoms with Crippen molar-refractivity contribution in [3.63, 3.8) is 0 Å². The Morgan fingerprint density at radius 1 is 1.54 bits per heavy atom. The standard InChI is InChI=1S/C8H14N4O/c1-12(6-2-3-6)8-11-10-7(13-8)4-5-9/h6H,2-5,9H2,1H3. The second-order valence-corrected chi connectivity index (χ2v) is 3.36. The minimum Gasteiger partial charge on any atom is -0.408 e. The molecule has 1 aliphatic rings. The summed E-state index contributed by atoms with van der Waals surface area (Å²) >= 11 is 0. The molecule has 0 atom stereocenters. The molecule has 1 fully saturated rings. The molecule has 0 saturated heterocycles. The Balaban J connectivity index is 2.03. The number of hydrogen-bond acceptors (Lipinski definition) is 5. The topological polar surface area (TPSA) is 68.2 Å². The quantitative estimate of drug-likeness (QED) is 0.718. The zero-order chi connectivity index (χ0) is 9.26. The predicted molar refractivity (Wildman–Crippen MR) is 48.5 cm³/mol. The summed E-state index contributed by atoms with van der Waals surface area (Å²) in [6.07, 6.45) is 3.11. The van der Waals surface area contributed by atoms with E-state index >= 15 is 0 Å². The number of nitrogens with two attached hydrogens (primary N) is 1. The van der Waals surface area contributed by atoms with Gasteiger partial charge in [0.2, 0.25) is 5.89 Å². The van der Waals surface area contributed by atoms with Gasteiger partial charge < -0.3 is 15.1 Å². The van der Waals surface area contributed by atoms with Crippen molar-refractivity contribution in [1.82, 2.24) is 10.2 Å². The van der Waals surface area contributed by atoms with E-state index in [1.54, 1.807) is 0 Å². The zero-order valence-electron chi connectivity index (χ0n) is 7.73. The van der Waals surface area contributed by atoms with Gasteiger partial charge in [-0.25, -0.2) is 0 Å². The van der Waals surface area contributed by atoms with E-state index in [-0.39, 0.29) is 0 Å². The molecule has 0 spiro atoms. The first-order valence-electron chi connectivity index (χ1n) is 4.56. The van der Waals surface area contributed by atoms with E-state index in [2.05, 4.69) is 10.2 Å². The lowest BCUT2D eigenvalue weighted by Crippen LogP contribution is -2.19. The molecule has 13 heavy (non-hydrogen) atoms. The van der Waals surface area contributed by atoms with Crippen LogP contribution in [0.1, 0.15) is 18.7 Å². The number of hydrogen-bond donors (Lipinski definition) is 1. The van der Waals surface area contributed by atoms with Gasteiger partial charge in [0.1, 0.15) is 0 Å². The summed E-state index contributed by atoms with van der Waals surface area (Å²) in [5.41, 5.74) is 5.38. The highest BCUT2D eigenvalue weighted by molar-refractivity contribution is 5.27. The van der Waals surface area contributed by atoms with Crippen LogP contribution in [0.5, 0.6) is 0 Å². The molecule has 0 unspecified atom stereocenters. The van der Waals surface area contributed by atoms with E-state index < -0.39 is 0 Å². The molecule has 1 heterocycles. The maximum atomic E-state index is 5.41. The van der Waals surface area contributed by atoms with Crippen molar-refractivity contribution in [3.8, 4) is 0 Å². The van der Waals surface area contributed by atoms with Gasteiger partial charge in [0.15, 0.2) is 0 Å². The molecule has 1 aromatic heterocycles. The Hall–Kier alpha value is -1.10. The van der Waals surface area contributed by atoms with Gasteiger partial charge in [-0.2, -0.15) is 0 Å². The molecule has 2 rings (SSSR count). The third kappa shape index (κ3) is 1.80. The summed E-state index contributed by atoms with van der Waals surface area (Å²) in [6.45, 7) is 0.550. The van der Waals surface area contributed by atoms with Crippen LogP contribution in [0.4, 0.5) is 6.01 Å². The fourth-order valence-electron chi connectivity index (χ4n) is 1.23. The summed E-state index contributed by atoms with van der Waals surface area (Å²) in [5.74, 6) is 0.630. The lowest BCUT2D eigenvalue weighted by molar-refractivity contribution is 0.489. The van der Waals surface area contributed by atoms with Crippen LogP contribution in [0.15, 0.2) is 4.42 Å². The molecule has 0 bridgehead atoms. The molecule has 0 radical (unpaired) electrons. The fourth-order valence-corrected chi connectivity index (χ4v) is 1.23. The van der Waals surface area contributed by atoms with Crippen LogP contribution in [0.3, 0.4) is 0 Å². The Morgan fingerprint density at radius 3 is 2.92 bits per heavy atom. The average molecular weight is 182 g/mol. The highest BCUT2D eigenvalue weighted by atomic mass is 16.4. The van der Waals surface area contributed by atoms with Gasteiger partial charge in [-0.3, -0.25) is 0 Å². The van der Waals surface area contributed by atoms with Crippen LogP contribution < -0.4 is 10.6 Å². The van der Waals surface area contributed by atoms with E-state index in [1.165, 1.54) is 12.8 Å². The van der Waals surface area contributed by atoms with Gasteiger partial charge in [-0.15, -0.1) is 5.10 Å². The summed E-state index contributed by atoms with van der Waals surface area (Å²) in [7, 11) is 1.98. The van der Waals surface area contributed by atoms with E-state index in [0.29, 0.717) is 30.9 Å². The second kappa shape index (κ2) is 3.33. The molecule has 1 aromatic rings. The van der Waals surface area contributed by atoms with E-state index in [0.717, 1.165) is 0 Å². The lowest BCUT2D eigenvalue weighted by atomic mass is 10.4. The number of rotatable bonds is 4. The van der Waals surface area contributed by atoms with Gasteiger partial charge in [0.25, 0.3) is 0 Å². The highest BCUT2D eigenvalue weighted by Crippen LogP contribution is 2.29. The van der Waals surface area contributed by atoms with Crippen LogP contribution in [-0.4, -0.2) is 29.8 Å². The third-order valence-electron chi connectivity index (χ3n) is 2.21. The molecular weight excluding hydrogens is 168 g/mol. The largest absolute Gasteiger partial charge is 0.408 e. The molecule has 5 heteroatoms. The smallest absolute Gasteiger partial charge is 0.318 e. The summed E-state index contributed by atoms with van der Waals surface area (Å²) in [4.78, 5) is 2.03. The average Bonchev–Trinajstić information content (AvgIpc) is 2.87. The first kappa shape index (κ1) is 8.50. The molecule has 1 aliphatic carbocycles. The van der Waals surface area contributed by atoms with Crippen molar-refractivity contribution in [2.45, 2.75) is 25.3 Å². The van der Waals surface area contributed by atoms with Gasteiger partial charge >= 0.3 is 6.01 Å². The SMILES string of the molecule is CN(c1nnc(CCN)o1)C1CC1. The molecule has 0 aliphatic heterocycles. The van der Waals surface area contributed by atoms with Crippen molar-refractivity contribution in [1.29, 1.82) is 0 Å². The van der Waals surface area contributed by atoms with Crippen molar-refractivity contribution in [3.05, 3.63) is 5.89 Å². The first-order chi connectivity index (χ1) is 6.31. The maximum absolute atomic E-state index is 5.41. The molecule has 2 N–H and O–H groups in total. The van der Waals surface area contributed by atoms with E-state index in [1.807, 2.05) is 11.9 Å². The Labute approximate surface area is 76.9 Å². The zero-order valence-corrected chi connectivity index (χ0v) is 7.73. The summed E-state index contributed by atoms with van der Waals surface area (Å²) in [5, 5.41) is 7.85. The second-order valence-electron chi connectivity index (χ2n) is 3.36. The number of nitrogens with zero attached hydrogens (tertiary/aromatic N) is 3. The van der Waals surface area contributed by atoms with Crippen molar-refractivity contribution < 1.29 is 4.42 Å². The summed E-state index contributed by atoms with van der Waals surface area (Å²) < 4.78 is 5.41. The van der Waals surface area contributed by atoms with Crippen LogP contribution in [0.25, 0.3) is 0 Å². The molecule has 0 amide bonds. The van der Waals surface area contributed by atoms with Crippen LogP contribution in [0, 0.1) is 0 Å². The monoisotopic (exact) mass is 182 g/mol. The summed E-state index contributed by atoms with van der Waals surface area (Å²) in [6, 6.07) is 1.22. The van der Waals surface area contributed by atoms with Crippen LogP contribution >= 0.6 is 0 Å². The van der Waals surface area contributed by atoms with Crippen molar-refractivity contribution in [2.24, 2.45) is 5.73 Å². The lowest BCUT2D eigenvalue weighted by Gasteiger charge is -2.10. The fraction of sp³-hybridized carbons (Fsp3) is 0.750. The van der Waals surface area contributed by atoms with Gasteiger partial charge in [0.05, 0.1) is 0 Å². The molecular formula is C8H14N4O. The minimum absolute atomic E-state index is 0.550. The number of aromatic nitrogens is 2. The van der Waals surface area contributed by atoms with Crippen LogP contribution in [-0.2, 0) is 6.42 Å². The molecule has 1 saturated carbocycles. The first-order valence-corrected chi connectivity index (χ1v) is 4.56. The molecule has 72 valence electrons. The van der Waals surface area contributed by atoms with Gasteiger partial charge in [0, 0.05) is 26.1 Å². The van der Waals surface area contributed by atoms with Crippen molar-refractivity contribution in [2.75, 3.05) is 18.5 Å². The minimum atomic E-state index is 0.550. The van der Waals surface area contributed by atoms with E-state index in [9.17, 15) is 0 Å². The van der Waals surface area contributed by atoms with Crippen LogP contribution in [0.2, 0.25) is 0 Å². The Kier molecular flexibility index (Phi) is 2.18. The number of anilines is 1. The highest BCUT2D eigenvalue weighted by Gasteiger charge is 2.29. The normalized spacial score (nSPS) is 16.2. The third-order valence-corrected chi connectivity index (χ3v) is 2.21. The predicted octanol–water partition coefficient (Wildman–Crippen LogP) is 0.169. The molecule has 0 aromatic carbocycles. The Morgan fingerprint density at radius 2 is 2.31 bits per heavy atom. The van der Waals surface area contributed by atoms with Gasteiger partial charge in [-0.05, 0) is 12.8 Å². The maximum Gasteiger partial charge on any atom is 0.318 e.